The molecule has 0 amide bonds. The Morgan fingerprint density at radius 3 is 1.97 bits per heavy atom. The van der Waals surface area contributed by atoms with Gasteiger partial charge < -0.3 is 23.1 Å². The van der Waals surface area contributed by atoms with E-state index in [-0.39, 0.29) is 29.5 Å². The standard InChI is InChI=1S/C24H49IO5Si2/c1-10-32(11-2,12-3)27-18-22-14-20(30-31(8,9)23(4,5)6)16-24(29-22)15-19(26-7)13-21(17-25)28-24/h19-22H,10-18H2,1-9H3/t19-,20-,21-,22+,24+/m0/s1. The monoisotopic (exact) mass is 600 g/mol. The van der Waals surface area contributed by atoms with Gasteiger partial charge in [0.15, 0.2) is 22.4 Å². The Balaban J connectivity index is 2.26. The predicted molar refractivity (Wildman–Crippen MR) is 146 cm³/mol. The molecule has 2 heterocycles. The molecular weight excluding hydrogens is 551 g/mol. The minimum absolute atomic E-state index is 0.000473. The van der Waals surface area contributed by atoms with Crippen molar-refractivity contribution in [3.05, 3.63) is 0 Å². The van der Waals surface area contributed by atoms with Gasteiger partial charge in [-0.25, -0.2) is 0 Å². The summed E-state index contributed by atoms with van der Waals surface area (Å²) >= 11 is 2.42. The number of halogens is 1. The van der Waals surface area contributed by atoms with Crippen molar-refractivity contribution in [3.8, 4) is 0 Å². The molecule has 8 heteroatoms. The summed E-state index contributed by atoms with van der Waals surface area (Å²) in [6.07, 6.45) is 3.79. The Labute approximate surface area is 213 Å². The highest BCUT2D eigenvalue weighted by molar-refractivity contribution is 14.1. The number of ether oxygens (including phenoxy) is 3. The molecular formula is C24H49IO5Si2. The lowest BCUT2D eigenvalue weighted by molar-refractivity contribution is -0.337. The van der Waals surface area contributed by atoms with E-state index in [0.29, 0.717) is 6.61 Å². The summed E-state index contributed by atoms with van der Waals surface area (Å²) in [6.45, 7) is 19.1. The second kappa shape index (κ2) is 11.8. The van der Waals surface area contributed by atoms with Gasteiger partial charge in [0.2, 0.25) is 0 Å². The van der Waals surface area contributed by atoms with E-state index in [2.05, 4.69) is 77.2 Å². The van der Waals surface area contributed by atoms with E-state index in [1.807, 2.05) is 7.11 Å². The molecule has 0 saturated carbocycles. The highest BCUT2D eigenvalue weighted by Gasteiger charge is 2.51. The van der Waals surface area contributed by atoms with Gasteiger partial charge in [-0.15, -0.1) is 0 Å². The first-order valence-electron chi connectivity index (χ1n) is 12.6. The fourth-order valence-electron chi connectivity index (χ4n) is 4.84. The van der Waals surface area contributed by atoms with Gasteiger partial charge in [-0.1, -0.05) is 64.1 Å². The minimum Gasteiger partial charge on any atom is -0.414 e. The molecule has 190 valence electrons. The normalized spacial score (nSPS) is 32.4. The molecule has 0 aliphatic carbocycles. The average molecular weight is 601 g/mol. The first-order chi connectivity index (χ1) is 14.9. The van der Waals surface area contributed by atoms with Crippen LogP contribution in [-0.4, -0.2) is 65.0 Å². The van der Waals surface area contributed by atoms with Crippen molar-refractivity contribution < 1.29 is 23.1 Å². The van der Waals surface area contributed by atoms with Crippen LogP contribution in [0.2, 0.25) is 36.3 Å². The van der Waals surface area contributed by atoms with Gasteiger partial charge in [-0.3, -0.25) is 0 Å². The van der Waals surface area contributed by atoms with Gasteiger partial charge in [0.1, 0.15) is 0 Å². The van der Waals surface area contributed by atoms with Gasteiger partial charge in [0, 0.05) is 37.2 Å². The third kappa shape index (κ3) is 7.24. The molecule has 2 rings (SSSR count). The van der Waals surface area contributed by atoms with Crippen molar-refractivity contribution in [2.24, 2.45) is 0 Å². The Morgan fingerprint density at radius 1 is 0.938 bits per heavy atom. The molecule has 0 bridgehead atoms. The van der Waals surface area contributed by atoms with Crippen LogP contribution in [0, 0.1) is 0 Å². The highest BCUT2D eigenvalue weighted by atomic mass is 127. The molecule has 0 aromatic rings. The van der Waals surface area contributed by atoms with Crippen molar-refractivity contribution in [2.75, 3.05) is 18.1 Å². The van der Waals surface area contributed by atoms with Crippen LogP contribution >= 0.6 is 22.6 Å². The van der Waals surface area contributed by atoms with E-state index >= 15 is 0 Å². The molecule has 0 N–H and O–H groups in total. The molecule has 5 atom stereocenters. The summed E-state index contributed by atoms with van der Waals surface area (Å²) in [7, 11) is -1.78. The van der Waals surface area contributed by atoms with Crippen molar-refractivity contribution >= 4 is 39.2 Å². The van der Waals surface area contributed by atoms with Crippen molar-refractivity contribution in [1.29, 1.82) is 0 Å². The van der Waals surface area contributed by atoms with Crippen LogP contribution in [-0.2, 0) is 23.1 Å². The van der Waals surface area contributed by atoms with Crippen molar-refractivity contribution in [2.45, 2.75) is 134 Å². The quantitative estimate of drug-likeness (QED) is 0.155. The van der Waals surface area contributed by atoms with Crippen LogP contribution in [0.15, 0.2) is 0 Å². The van der Waals surface area contributed by atoms with E-state index in [4.69, 9.17) is 23.1 Å². The van der Waals surface area contributed by atoms with Crippen LogP contribution in [0.3, 0.4) is 0 Å². The summed E-state index contributed by atoms with van der Waals surface area (Å²) < 4.78 is 33.8. The first-order valence-corrected chi connectivity index (χ1v) is 19.6. The van der Waals surface area contributed by atoms with Crippen LogP contribution in [0.5, 0.6) is 0 Å². The van der Waals surface area contributed by atoms with E-state index < -0.39 is 22.4 Å². The van der Waals surface area contributed by atoms with Gasteiger partial charge >= 0.3 is 0 Å². The van der Waals surface area contributed by atoms with Crippen LogP contribution in [0.25, 0.3) is 0 Å². The van der Waals surface area contributed by atoms with E-state index in [0.717, 1.165) is 48.2 Å². The number of methoxy groups -OCH3 is 1. The van der Waals surface area contributed by atoms with E-state index in [1.165, 1.54) is 0 Å². The molecule has 5 nitrogen and oxygen atoms in total. The molecule has 2 fully saturated rings. The zero-order valence-corrected chi connectivity index (χ0v) is 26.3. The predicted octanol–water partition coefficient (Wildman–Crippen LogP) is 6.90. The average Bonchev–Trinajstić information content (AvgIpc) is 2.73. The molecule has 0 radical (unpaired) electrons. The van der Waals surface area contributed by atoms with E-state index in [1.54, 1.807) is 0 Å². The molecule has 0 aromatic carbocycles. The number of alkyl halides is 1. The minimum atomic E-state index is -1.91. The molecule has 2 saturated heterocycles. The molecule has 2 aliphatic rings. The third-order valence-corrected chi connectivity index (χ3v) is 18.3. The highest BCUT2D eigenvalue weighted by Crippen LogP contribution is 2.45. The van der Waals surface area contributed by atoms with Crippen LogP contribution < -0.4 is 0 Å². The zero-order chi connectivity index (χ0) is 24.2. The van der Waals surface area contributed by atoms with Gasteiger partial charge in [-0.2, -0.15) is 0 Å². The maximum atomic E-state index is 6.94. The summed E-state index contributed by atoms with van der Waals surface area (Å²) in [5.41, 5.74) is 0. The van der Waals surface area contributed by atoms with Crippen molar-refractivity contribution in [1.82, 2.24) is 0 Å². The molecule has 0 unspecified atom stereocenters. The van der Waals surface area contributed by atoms with Gasteiger partial charge in [0.05, 0.1) is 31.0 Å². The smallest absolute Gasteiger partial charge is 0.192 e. The van der Waals surface area contributed by atoms with Crippen LogP contribution in [0.4, 0.5) is 0 Å². The maximum absolute atomic E-state index is 6.94. The SMILES string of the molecule is CC[Si](CC)(CC)OC[C@H]1C[C@H](O[Si](C)(C)C(C)(C)C)C[C@@]2(C[C@@H](OC)C[C@@H](CI)O2)O1. The molecule has 32 heavy (non-hydrogen) atoms. The molecule has 1 spiro atoms. The fraction of sp³-hybridized carbons (Fsp3) is 1.00. The zero-order valence-electron chi connectivity index (χ0n) is 22.1. The van der Waals surface area contributed by atoms with E-state index in [9.17, 15) is 0 Å². The fourth-order valence-corrected chi connectivity index (χ4v) is 9.40. The molecule has 2 aliphatic heterocycles. The second-order valence-electron chi connectivity index (χ2n) is 11.3. The topological polar surface area (TPSA) is 46.2 Å². The Bertz CT molecular complexity index is 559. The summed E-state index contributed by atoms with van der Waals surface area (Å²) in [4.78, 5) is 0. The third-order valence-electron chi connectivity index (χ3n) is 8.17. The lowest BCUT2D eigenvalue weighted by atomic mass is 9.90. The maximum Gasteiger partial charge on any atom is 0.192 e. The summed E-state index contributed by atoms with van der Waals surface area (Å²) in [5.74, 6) is -0.636. The Hall–Kier alpha value is 0.964. The second-order valence-corrected chi connectivity index (χ2v) is 21.8. The Morgan fingerprint density at radius 2 is 1.47 bits per heavy atom. The number of hydrogen-bond acceptors (Lipinski definition) is 5. The first kappa shape index (κ1) is 29.2. The summed E-state index contributed by atoms with van der Waals surface area (Å²) in [6, 6.07) is 3.46. The van der Waals surface area contributed by atoms with Gasteiger partial charge in [0.25, 0.3) is 0 Å². The summed E-state index contributed by atoms with van der Waals surface area (Å²) in [5, 5.41) is 0.173. The lowest BCUT2D eigenvalue weighted by Crippen LogP contribution is -2.58. The number of rotatable bonds is 10. The van der Waals surface area contributed by atoms with Crippen LogP contribution in [0.1, 0.15) is 67.2 Å². The lowest BCUT2D eigenvalue weighted by Gasteiger charge is -2.51. The molecule has 0 aromatic heterocycles. The largest absolute Gasteiger partial charge is 0.414 e. The Kier molecular flexibility index (Phi) is 10.8. The van der Waals surface area contributed by atoms with Gasteiger partial charge in [-0.05, 0) is 36.3 Å². The van der Waals surface area contributed by atoms with Crippen molar-refractivity contribution in [3.63, 3.8) is 0 Å². The number of hydrogen-bond donors (Lipinski definition) is 0.